The summed E-state index contributed by atoms with van der Waals surface area (Å²) in [6.07, 6.45) is 1.04. The summed E-state index contributed by atoms with van der Waals surface area (Å²) >= 11 is 0. The molecule has 1 rings (SSSR count). The third-order valence-electron chi connectivity index (χ3n) is 2.99. The molecule has 0 heterocycles. The van der Waals surface area contributed by atoms with Gasteiger partial charge in [-0.15, -0.1) is 6.58 Å². The second kappa shape index (κ2) is 6.20. The van der Waals surface area contributed by atoms with Gasteiger partial charge >= 0.3 is 0 Å². The van der Waals surface area contributed by atoms with Crippen molar-refractivity contribution >= 4 is 5.78 Å². The van der Waals surface area contributed by atoms with E-state index >= 15 is 0 Å². The van der Waals surface area contributed by atoms with Crippen molar-refractivity contribution in [3.05, 3.63) is 35.6 Å². The molecular weight excluding hydrogens is 240 g/mol. The van der Waals surface area contributed by atoms with Gasteiger partial charge in [-0.3, -0.25) is 4.79 Å². The number of ketones is 1. The molecule has 0 aromatic carbocycles. The lowest BCUT2D eigenvalue weighted by atomic mass is 9.72. The maximum absolute atomic E-state index is 12.5. The van der Waals surface area contributed by atoms with Crippen molar-refractivity contribution in [1.29, 1.82) is 0 Å². The van der Waals surface area contributed by atoms with Gasteiger partial charge in [-0.2, -0.15) is 0 Å². The first-order chi connectivity index (χ1) is 8.89. The lowest BCUT2D eigenvalue weighted by molar-refractivity contribution is -0.148. The predicted molar refractivity (Wildman–Crippen MR) is 76.9 cm³/mol. The van der Waals surface area contributed by atoms with E-state index in [-0.39, 0.29) is 5.78 Å². The summed E-state index contributed by atoms with van der Waals surface area (Å²) in [5, 5.41) is 0. The summed E-state index contributed by atoms with van der Waals surface area (Å²) < 4.78 is 11.4. The van der Waals surface area contributed by atoms with Crippen LogP contribution in [0.4, 0.5) is 0 Å². The Hall–Kier alpha value is -1.35. The highest BCUT2D eigenvalue weighted by Crippen LogP contribution is 2.45. The summed E-state index contributed by atoms with van der Waals surface area (Å²) in [5.41, 5.74) is 1.61. The van der Waals surface area contributed by atoms with Crippen LogP contribution in [-0.4, -0.2) is 24.6 Å². The molecule has 0 bridgehead atoms. The molecule has 1 atom stereocenters. The van der Waals surface area contributed by atoms with Crippen LogP contribution in [0.2, 0.25) is 0 Å². The Morgan fingerprint density at radius 3 is 2.21 bits per heavy atom. The summed E-state index contributed by atoms with van der Waals surface area (Å²) in [6, 6.07) is 0. The Balaban J connectivity index is 3.16. The number of carbonyl (C=O) groups excluding carboxylic acids is 1. The molecular formula is C16H24O3. The number of carbonyl (C=O) groups is 1. The number of ether oxygens (including phenoxy) is 2. The molecule has 0 fully saturated rings. The minimum atomic E-state index is -0.943. The molecule has 0 N–H and O–H groups in total. The molecule has 1 unspecified atom stereocenters. The van der Waals surface area contributed by atoms with Crippen LogP contribution in [0.3, 0.4) is 0 Å². The van der Waals surface area contributed by atoms with Gasteiger partial charge in [0.05, 0.1) is 6.61 Å². The fraction of sp³-hybridized carbons (Fsp3) is 0.562. The fourth-order valence-corrected chi connectivity index (χ4v) is 2.46. The van der Waals surface area contributed by atoms with E-state index in [1.807, 2.05) is 27.7 Å². The molecule has 0 spiro atoms. The predicted octanol–water partition coefficient (Wildman–Crippen LogP) is 3.57. The second-order valence-electron chi connectivity index (χ2n) is 5.10. The zero-order valence-corrected chi connectivity index (χ0v) is 12.5. The van der Waals surface area contributed by atoms with E-state index in [0.29, 0.717) is 37.4 Å². The Morgan fingerprint density at radius 1 is 1.16 bits per heavy atom. The molecule has 0 aliphatic heterocycles. The Morgan fingerprint density at radius 2 is 1.79 bits per heavy atom. The van der Waals surface area contributed by atoms with Gasteiger partial charge in [-0.05, 0) is 34.1 Å². The summed E-state index contributed by atoms with van der Waals surface area (Å²) in [5.74, 6) is 0.691. The van der Waals surface area contributed by atoms with Gasteiger partial charge in [-0.1, -0.05) is 17.7 Å². The van der Waals surface area contributed by atoms with E-state index < -0.39 is 5.60 Å². The minimum absolute atomic E-state index is 0.0174. The van der Waals surface area contributed by atoms with Gasteiger partial charge in [0.2, 0.25) is 5.78 Å². The monoisotopic (exact) mass is 264 g/mol. The van der Waals surface area contributed by atoms with Crippen molar-refractivity contribution in [3.63, 3.8) is 0 Å². The Bertz CT molecular complexity index is 431. The lowest BCUT2D eigenvalue weighted by Gasteiger charge is -2.43. The van der Waals surface area contributed by atoms with Crippen LogP contribution >= 0.6 is 0 Å². The third-order valence-corrected chi connectivity index (χ3v) is 2.99. The topological polar surface area (TPSA) is 35.5 Å². The molecule has 0 saturated heterocycles. The average Bonchev–Trinajstić information content (AvgIpc) is 2.32. The van der Waals surface area contributed by atoms with Crippen molar-refractivity contribution in [2.24, 2.45) is 0 Å². The van der Waals surface area contributed by atoms with Gasteiger partial charge in [-0.25, -0.2) is 0 Å². The first-order valence-corrected chi connectivity index (χ1v) is 6.73. The molecule has 1 aliphatic carbocycles. The van der Waals surface area contributed by atoms with Crippen LogP contribution in [0.1, 0.15) is 40.5 Å². The van der Waals surface area contributed by atoms with Crippen LogP contribution < -0.4 is 0 Å². The Labute approximate surface area is 116 Å². The molecule has 0 radical (unpaired) electrons. The van der Waals surface area contributed by atoms with Gasteiger partial charge in [0.1, 0.15) is 5.76 Å². The summed E-state index contributed by atoms with van der Waals surface area (Å²) in [4.78, 5) is 12.5. The van der Waals surface area contributed by atoms with E-state index in [1.54, 1.807) is 0 Å². The zero-order chi connectivity index (χ0) is 14.6. The highest BCUT2D eigenvalue weighted by atomic mass is 16.6. The first kappa shape index (κ1) is 15.7. The average molecular weight is 264 g/mol. The van der Waals surface area contributed by atoms with Crippen LogP contribution in [0.25, 0.3) is 0 Å². The van der Waals surface area contributed by atoms with E-state index in [4.69, 9.17) is 9.47 Å². The summed E-state index contributed by atoms with van der Waals surface area (Å²) in [6.45, 7) is 16.3. The van der Waals surface area contributed by atoms with E-state index in [2.05, 4.69) is 13.2 Å². The molecule has 3 heteroatoms. The van der Waals surface area contributed by atoms with Gasteiger partial charge in [0.25, 0.3) is 0 Å². The van der Waals surface area contributed by atoms with Crippen molar-refractivity contribution < 1.29 is 14.3 Å². The number of allylic oxidation sites excluding steroid dienone is 1. The molecule has 0 aromatic heterocycles. The maximum atomic E-state index is 12.5. The number of rotatable bonds is 8. The first-order valence-electron chi connectivity index (χ1n) is 6.73. The molecule has 1 aliphatic rings. The van der Waals surface area contributed by atoms with Gasteiger partial charge in [0, 0.05) is 18.6 Å². The zero-order valence-electron chi connectivity index (χ0n) is 12.5. The quantitative estimate of drug-likeness (QED) is 0.629. The highest BCUT2D eigenvalue weighted by molar-refractivity contribution is 6.12. The van der Waals surface area contributed by atoms with Gasteiger partial charge in [0.15, 0.2) is 5.60 Å². The van der Waals surface area contributed by atoms with Crippen molar-refractivity contribution in [2.45, 2.75) is 46.1 Å². The van der Waals surface area contributed by atoms with Crippen LogP contribution in [0.15, 0.2) is 35.6 Å². The molecule has 19 heavy (non-hydrogen) atoms. The number of hydrogen-bond donors (Lipinski definition) is 0. The minimum Gasteiger partial charge on any atom is -0.494 e. The van der Waals surface area contributed by atoms with Crippen LogP contribution in [-0.2, 0) is 14.3 Å². The van der Waals surface area contributed by atoms with Crippen LogP contribution in [0.5, 0.6) is 0 Å². The number of hydrogen-bond acceptors (Lipinski definition) is 3. The van der Waals surface area contributed by atoms with Crippen molar-refractivity contribution in [1.82, 2.24) is 0 Å². The third kappa shape index (κ3) is 2.98. The molecule has 3 nitrogen and oxygen atoms in total. The molecule has 0 amide bonds. The highest BCUT2D eigenvalue weighted by Gasteiger charge is 2.56. The second-order valence-corrected chi connectivity index (χ2v) is 5.10. The lowest BCUT2D eigenvalue weighted by Crippen LogP contribution is -2.54. The number of Topliss-reactive ketones (excluding diaryl/α,β-unsaturated/α-hetero) is 1. The van der Waals surface area contributed by atoms with Gasteiger partial charge < -0.3 is 9.47 Å². The fourth-order valence-electron chi connectivity index (χ4n) is 2.46. The summed E-state index contributed by atoms with van der Waals surface area (Å²) in [7, 11) is 0. The van der Waals surface area contributed by atoms with E-state index in [1.165, 1.54) is 0 Å². The van der Waals surface area contributed by atoms with Crippen molar-refractivity contribution in [3.8, 4) is 0 Å². The molecule has 0 aromatic rings. The van der Waals surface area contributed by atoms with Crippen LogP contribution in [0, 0.1) is 0 Å². The standard InChI is InChI=1S/C16H24O3/c1-7-18-15-13(9-11(3)4)14(17)16(15,19-8-2)10-12(5)6/h3,5,7-10H2,1-2,4,6H3. The van der Waals surface area contributed by atoms with E-state index in [9.17, 15) is 4.79 Å². The molecule has 0 saturated carbocycles. The Kier molecular flexibility index (Phi) is 5.12. The smallest absolute Gasteiger partial charge is 0.202 e. The van der Waals surface area contributed by atoms with E-state index in [0.717, 1.165) is 11.1 Å². The SMILES string of the molecule is C=C(C)CC1=C(OCC)C(CC(=C)C)(OCC)C1=O. The molecule has 106 valence electrons. The maximum Gasteiger partial charge on any atom is 0.202 e. The normalized spacial score (nSPS) is 22.2. The van der Waals surface area contributed by atoms with Crippen molar-refractivity contribution in [2.75, 3.05) is 13.2 Å². The largest absolute Gasteiger partial charge is 0.494 e.